The number of hydrogen-bond acceptors (Lipinski definition) is 5. The van der Waals surface area contributed by atoms with Crippen LogP contribution in [0, 0.1) is 0 Å². The number of halogens is 6. The van der Waals surface area contributed by atoms with Crippen molar-refractivity contribution in [2.75, 3.05) is 3.71 Å². The minimum absolute atomic E-state index is 0.177. The maximum absolute atomic E-state index is 12.5. The van der Waals surface area contributed by atoms with Gasteiger partial charge < -0.3 is 5.11 Å². The largest absolute Gasteiger partial charge is 0.517 e. The molecule has 0 heterocycles. The third-order valence-corrected chi connectivity index (χ3v) is 5.99. The summed E-state index contributed by atoms with van der Waals surface area (Å²) in [5.41, 5.74) is -14.9. The zero-order valence-electron chi connectivity index (χ0n) is 10.8. The molecule has 0 bridgehead atoms. The van der Waals surface area contributed by atoms with Gasteiger partial charge in [0.2, 0.25) is 0 Å². The smallest absolute Gasteiger partial charge is 0.478 e. The molecule has 24 heavy (non-hydrogen) atoms. The maximum atomic E-state index is 12.5. The van der Waals surface area contributed by atoms with Crippen molar-refractivity contribution < 1.29 is 53.1 Å². The quantitative estimate of drug-likeness (QED) is 0.772. The standard InChI is InChI=1S/C9H5F6NO6S2/c10-8(11,12)23(19,20)16(24(21,22)9(13,14)15)6-3-1-5(2-4-6)7(17)18/h1-4H,(H,17,18). The molecule has 1 aromatic carbocycles. The van der Waals surface area contributed by atoms with Gasteiger partial charge in [0.1, 0.15) is 0 Å². The van der Waals surface area contributed by atoms with Crippen LogP contribution in [0.2, 0.25) is 0 Å². The van der Waals surface area contributed by atoms with Gasteiger partial charge in [0.15, 0.2) is 0 Å². The van der Waals surface area contributed by atoms with Crippen LogP contribution in [-0.4, -0.2) is 38.9 Å². The first kappa shape index (κ1) is 20.0. The number of sulfonamides is 2. The zero-order valence-corrected chi connectivity index (χ0v) is 12.5. The van der Waals surface area contributed by atoms with E-state index in [1.807, 2.05) is 0 Å². The van der Waals surface area contributed by atoms with Crippen LogP contribution >= 0.6 is 0 Å². The average molecular weight is 401 g/mol. The Morgan fingerprint density at radius 3 is 1.42 bits per heavy atom. The van der Waals surface area contributed by atoms with Crippen LogP contribution in [0.5, 0.6) is 0 Å². The highest BCUT2D eigenvalue weighted by Crippen LogP contribution is 2.38. The summed E-state index contributed by atoms with van der Waals surface area (Å²) in [6.45, 7) is 0. The fourth-order valence-electron chi connectivity index (χ4n) is 1.32. The van der Waals surface area contributed by atoms with Crippen molar-refractivity contribution in [1.29, 1.82) is 0 Å². The van der Waals surface area contributed by atoms with Crippen LogP contribution in [0.1, 0.15) is 10.4 Å². The van der Waals surface area contributed by atoms with Gasteiger partial charge in [-0.3, -0.25) is 0 Å². The summed E-state index contributed by atoms with van der Waals surface area (Å²) >= 11 is 0. The van der Waals surface area contributed by atoms with Gasteiger partial charge in [0, 0.05) is 0 Å². The van der Waals surface area contributed by atoms with Crippen molar-refractivity contribution in [3.63, 3.8) is 0 Å². The molecule has 0 aliphatic carbocycles. The number of nitrogens with zero attached hydrogens (tertiary/aromatic N) is 1. The molecule has 136 valence electrons. The monoisotopic (exact) mass is 401 g/mol. The van der Waals surface area contributed by atoms with Gasteiger partial charge in [0.05, 0.1) is 11.3 Å². The first-order valence-corrected chi connectivity index (χ1v) is 8.18. The molecular weight excluding hydrogens is 396 g/mol. The number of rotatable bonds is 4. The number of carbonyl (C=O) groups is 1. The van der Waals surface area contributed by atoms with E-state index < -0.39 is 52.0 Å². The van der Waals surface area contributed by atoms with E-state index in [2.05, 4.69) is 0 Å². The Bertz CT molecular complexity index is 796. The summed E-state index contributed by atoms with van der Waals surface area (Å²) in [5.74, 6) is -1.63. The summed E-state index contributed by atoms with van der Waals surface area (Å²) in [6, 6.07) is 1.22. The predicted molar refractivity (Wildman–Crippen MR) is 65.8 cm³/mol. The lowest BCUT2D eigenvalue weighted by Gasteiger charge is -2.25. The van der Waals surface area contributed by atoms with Gasteiger partial charge in [-0.05, 0) is 24.3 Å². The molecule has 1 rings (SSSR count). The summed E-state index contributed by atoms with van der Waals surface area (Å²) in [6.07, 6.45) is 0. The van der Waals surface area contributed by atoms with Crippen LogP contribution in [0.15, 0.2) is 24.3 Å². The van der Waals surface area contributed by atoms with Crippen molar-refractivity contribution >= 4 is 31.7 Å². The van der Waals surface area contributed by atoms with Crippen molar-refractivity contribution in [1.82, 2.24) is 0 Å². The molecular formula is C9H5F6NO6S2. The van der Waals surface area contributed by atoms with E-state index in [9.17, 15) is 48.0 Å². The van der Waals surface area contributed by atoms with E-state index >= 15 is 0 Å². The van der Waals surface area contributed by atoms with E-state index in [-0.39, 0.29) is 12.1 Å². The Balaban J connectivity index is 3.73. The molecule has 0 radical (unpaired) electrons. The summed E-state index contributed by atoms with van der Waals surface area (Å²) in [7, 11) is -14.0. The SMILES string of the molecule is O=C(O)c1ccc(N(S(=O)(=O)C(F)(F)F)S(=O)(=O)C(F)(F)F)cc1. The first-order valence-electron chi connectivity index (χ1n) is 5.30. The lowest BCUT2D eigenvalue weighted by atomic mass is 10.2. The van der Waals surface area contributed by atoms with Crippen molar-refractivity contribution in [3.8, 4) is 0 Å². The third kappa shape index (κ3) is 3.40. The molecule has 0 aromatic heterocycles. The van der Waals surface area contributed by atoms with E-state index in [4.69, 9.17) is 5.11 Å². The molecule has 15 heteroatoms. The maximum Gasteiger partial charge on any atom is 0.517 e. The van der Waals surface area contributed by atoms with Crippen LogP contribution < -0.4 is 3.71 Å². The number of benzene rings is 1. The van der Waals surface area contributed by atoms with E-state index in [0.717, 1.165) is 0 Å². The normalized spacial score (nSPS) is 13.6. The summed E-state index contributed by atoms with van der Waals surface area (Å²) in [5, 5.41) is 8.58. The van der Waals surface area contributed by atoms with Gasteiger partial charge in [-0.2, -0.15) is 43.2 Å². The Morgan fingerprint density at radius 1 is 0.833 bits per heavy atom. The topological polar surface area (TPSA) is 109 Å². The van der Waals surface area contributed by atoms with E-state index in [1.54, 1.807) is 0 Å². The minimum atomic E-state index is -6.99. The van der Waals surface area contributed by atoms with Gasteiger partial charge in [-0.1, -0.05) is 0 Å². The van der Waals surface area contributed by atoms with Crippen LogP contribution in [0.3, 0.4) is 0 Å². The zero-order chi connectivity index (χ0) is 19.1. The van der Waals surface area contributed by atoms with Crippen molar-refractivity contribution in [3.05, 3.63) is 29.8 Å². The molecule has 1 aromatic rings. The summed E-state index contributed by atoms with van der Waals surface area (Å²) in [4.78, 5) is 10.6. The fourth-order valence-corrected chi connectivity index (χ4v) is 4.04. The second-order valence-corrected chi connectivity index (χ2v) is 7.74. The molecule has 0 unspecified atom stereocenters. The number of aromatic carboxylic acids is 1. The minimum Gasteiger partial charge on any atom is -0.478 e. The van der Waals surface area contributed by atoms with Gasteiger partial charge in [0.25, 0.3) is 0 Å². The second kappa shape index (κ2) is 5.80. The van der Waals surface area contributed by atoms with Gasteiger partial charge in [-0.15, -0.1) is 3.71 Å². The molecule has 0 saturated carbocycles. The highest BCUT2D eigenvalue weighted by atomic mass is 32.3. The number of alkyl halides is 6. The second-order valence-electron chi connectivity index (χ2n) is 3.95. The molecule has 0 atom stereocenters. The molecule has 0 fully saturated rings. The predicted octanol–water partition coefficient (Wildman–Crippen LogP) is 1.89. The highest BCUT2D eigenvalue weighted by molar-refractivity contribution is 8.11. The van der Waals surface area contributed by atoms with Crippen molar-refractivity contribution in [2.45, 2.75) is 11.0 Å². The van der Waals surface area contributed by atoms with Crippen LogP contribution in [-0.2, 0) is 20.0 Å². The first-order chi connectivity index (χ1) is 10.5. The fraction of sp³-hybridized carbons (Fsp3) is 0.222. The molecule has 0 aliphatic rings. The Kier molecular flexibility index (Phi) is 4.84. The van der Waals surface area contributed by atoms with E-state index in [1.165, 1.54) is 0 Å². The average Bonchev–Trinajstić information content (AvgIpc) is 2.36. The van der Waals surface area contributed by atoms with E-state index in [0.29, 0.717) is 12.1 Å². The molecule has 0 amide bonds. The number of carboxylic acid groups (broad SMARTS) is 1. The molecule has 7 nitrogen and oxygen atoms in total. The number of anilines is 1. The van der Waals surface area contributed by atoms with Crippen molar-refractivity contribution in [2.24, 2.45) is 0 Å². The highest BCUT2D eigenvalue weighted by Gasteiger charge is 2.61. The Morgan fingerprint density at radius 2 is 1.17 bits per heavy atom. The molecule has 0 spiro atoms. The van der Waals surface area contributed by atoms with Gasteiger partial charge >= 0.3 is 37.0 Å². The molecule has 0 aliphatic heterocycles. The summed E-state index contributed by atoms with van der Waals surface area (Å²) < 4.78 is 118. The van der Waals surface area contributed by atoms with Gasteiger partial charge in [-0.25, -0.2) is 4.79 Å². The third-order valence-electron chi connectivity index (χ3n) is 2.35. The Hall–Kier alpha value is -2.03. The van der Waals surface area contributed by atoms with Crippen LogP contribution in [0.25, 0.3) is 0 Å². The number of carboxylic acids is 1. The lowest BCUT2D eigenvalue weighted by Crippen LogP contribution is -2.49. The Labute approximate surface area is 130 Å². The molecule has 1 N–H and O–H groups in total. The number of hydrogen-bond donors (Lipinski definition) is 1. The van der Waals surface area contributed by atoms with Crippen LogP contribution in [0.4, 0.5) is 32.0 Å². The lowest BCUT2D eigenvalue weighted by molar-refractivity contribution is -0.0462. The molecule has 0 saturated heterocycles.